The topological polar surface area (TPSA) is 80.8 Å². The van der Waals surface area contributed by atoms with Crippen molar-refractivity contribution in [2.75, 3.05) is 32.1 Å². The number of esters is 1. The van der Waals surface area contributed by atoms with E-state index in [2.05, 4.69) is 10.3 Å². The first-order valence-corrected chi connectivity index (χ1v) is 8.64. The minimum absolute atomic E-state index is 0.0483. The monoisotopic (exact) mass is 353 g/mol. The molecule has 7 heteroatoms. The van der Waals surface area contributed by atoms with Crippen LogP contribution in [0.15, 0.2) is 18.3 Å². The van der Waals surface area contributed by atoms with Crippen LogP contribution in [0.5, 0.6) is 0 Å². The third-order valence-electron chi connectivity index (χ3n) is 3.36. The van der Waals surface area contributed by atoms with Crippen molar-refractivity contribution in [3.05, 3.63) is 23.9 Å². The fraction of sp³-hybridized carbons (Fsp3) is 0.611. The van der Waals surface area contributed by atoms with Gasteiger partial charge >= 0.3 is 12.1 Å². The van der Waals surface area contributed by atoms with E-state index in [1.165, 1.54) is 4.90 Å². The van der Waals surface area contributed by atoms with Crippen LogP contribution in [0.4, 0.5) is 10.6 Å². The number of amides is 1. The summed E-state index contributed by atoms with van der Waals surface area (Å²) in [4.78, 5) is 29.0. The molecule has 0 radical (unpaired) electrons. The quantitative estimate of drug-likeness (QED) is 0.724. The molecule has 0 spiro atoms. The lowest BCUT2D eigenvalue weighted by molar-refractivity contribution is -0.143. The summed E-state index contributed by atoms with van der Waals surface area (Å²) in [5.74, 6) is 0.348. The van der Waals surface area contributed by atoms with Gasteiger partial charge in [-0.1, -0.05) is 40.2 Å². The Morgan fingerprint density at radius 3 is 2.60 bits per heavy atom. The van der Waals surface area contributed by atoms with Crippen molar-refractivity contribution in [1.29, 1.82) is 0 Å². The van der Waals surface area contributed by atoms with Gasteiger partial charge in [0.25, 0.3) is 0 Å². The first kappa shape index (κ1) is 22.9. The summed E-state index contributed by atoms with van der Waals surface area (Å²) in [5.41, 5.74) is 0.639. The van der Waals surface area contributed by atoms with E-state index in [9.17, 15) is 9.59 Å². The molecule has 0 saturated carbocycles. The van der Waals surface area contributed by atoms with Gasteiger partial charge < -0.3 is 14.8 Å². The van der Waals surface area contributed by atoms with Gasteiger partial charge in [-0.05, 0) is 19.0 Å². The number of hydrogen-bond donors (Lipinski definition) is 1. The SMILES string of the molecule is CC.CCC(C)COC(=O)N(C)c1ncccc1COC(=O)CNC. The van der Waals surface area contributed by atoms with Gasteiger partial charge in [-0.3, -0.25) is 9.69 Å². The smallest absolute Gasteiger partial charge is 0.415 e. The number of ether oxygens (including phenoxy) is 2. The number of carbonyl (C=O) groups is 2. The first-order valence-electron chi connectivity index (χ1n) is 8.64. The highest BCUT2D eigenvalue weighted by atomic mass is 16.6. The predicted octanol–water partition coefficient (Wildman–Crippen LogP) is 2.99. The Morgan fingerprint density at radius 1 is 1.32 bits per heavy atom. The van der Waals surface area contributed by atoms with E-state index in [1.54, 1.807) is 32.4 Å². The van der Waals surface area contributed by atoms with Crippen LogP contribution >= 0.6 is 0 Å². The summed E-state index contributed by atoms with van der Waals surface area (Å²) in [6, 6.07) is 3.48. The van der Waals surface area contributed by atoms with Crippen molar-refractivity contribution in [3.8, 4) is 0 Å². The highest BCUT2D eigenvalue weighted by molar-refractivity contribution is 5.86. The second-order valence-electron chi connectivity index (χ2n) is 5.33. The van der Waals surface area contributed by atoms with Crippen LogP contribution in [-0.4, -0.2) is 44.3 Å². The van der Waals surface area contributed by atoms with Gasteiger partial charge in [-0.15, -0.1) is 0 Å². The third-order valence-corrected chi connectivity index (χ3v) is 3.36. The fourth-order valence-corrected chi connectivity index (χ4v) is 1.71. The molecule has 25 heavy (non-hydrogen) atoms. The number of likely N-dealkylation sites (N-methyl/N-ethyl adjacent to an activating group) is 1. The molecule has 0 aliphatic heterocycles. The normalized spacial score (nSPS) is 11.0. The van der Waals surface area contributed by atoms with Gasteiger partial charge in [0.2, 0.25) is 0 Å². The highest BCUT2D eigenvalue weighted by Gasteiger charge is 2.18. The van der Waals surface area contributed by atoms with E-state index in [4.69, 9.17) is 9.47 Å². The standard InChI is InChI=1S/C16H25N3O4.C2H6/c1-5-12(2)10-23-16(21)19(4)15-13(7-6-8-18-15)11-22-14(20)9-17-3;1-2/h6-8,12,17H,5,9-11H2,1-4H3;1-2H3. The minimum Gasteiger partial charge on any atom is -0.460 e. The molecule has 7 nitrogen and oxygen atoms in total. The van der Waals surface area contributed by atoms with E-state index >= 15 is 0 Å². The summed E-state index contributed by atoms with van der Waals surface area (Å²) in [7, 11) is 3.25. The summed E-state index contributed by atoms with van der Waals surface area (Å²) in [5, 5.41) is 2.72. The maximum Gasteiger partial charge on any atom is 0.415 e. The van der Waals surface area contributed by atoms with Crippen molar-refractivity contribution in [2.24, 2.45) is 5.92 Å². The van der Waals surface area contributed by atoms with Gasteiger partial charge in [-0.25, -0.2) is 9.78 Å². The highest BCUT2D eigenvalue weighted by Crippen LogP contribution is 2.18. The molecule has 0 aromatic carbocycles. The maximum absolute atomic E-state index is 12.1. The lowest BCUT2D eigenvalue weighted by atomic mass is 10.1. The van der Waals surface area contributed by atoms with Crippen LogP contribution in [0.25, 0.3) is 0 Å². The molecule has 1 amide bonds. The molecule has 142 valence electrons. The zero-order valence-electron chi connectivity index (χ0n) is 16.2. The summed E-state index contributed by atoms with van der Waals surface area (Å²) in [6.45, 7) is 8.59. The van der Waals surface area contributed by atoms with Gasteiger partial charge in [0.15, 0.2) is 0 Å². The fourth-order valence-electron chi connectivity index (χ4n) is 1.71. The number of nitrogens with zero attached hydrogens (tertiary/aromatic N) is 2. The van der Waals surface area contributed by atoms with Gasteiger partial charge in [-0.2, -0.15) is 0 Å². The molecular formula is C18H31N3O4. The first-order chi connectivity index (χ1) is 12.0. The zero-order chi connectivity index (χ0) is 19.2. The molecule has 1 heterocycles. The number of anilines is 1. The van der Waals surface area contributed by atoms with Crippen LogP contribution in [-0.2, 0) is 20.9 Å². The summed E-state index contributed by atoms with van der Waals surface area (Å²) < 4.78 is 10.4. The van der Waals surface area contributed by atoms with Gasteiger partial charge in [0, 0.05) is 18.8 Å². The van der Waals surface area contributed by atoms with Crippen molar-refractivity contribution < 1.29 is 19.1 Å². The van der Waals surface area contributed by atoms with E-state index < -0.39 is 6.09 Å². The number of hydrogen-bond acceptors (Lipinski definition) is 6. The second kappa shape index (κ2) is 13.2. The average Bonchev–Trinajstić information content (AvgIpc) is 2.65. The van der Waals surface area contributed by atoms with Crippen molar-refractivity contribution in [1.82, 2.24) is 10.3 Å². The summed E-state index contributed by atoms with van der Waals surface area (Å²) >= 11 is 0. The van der Waals surface area contributed by atoms with Crippen molar-refractivity contribution >= 4 is 17.9 Å². The van der Waals surface area contributed by atoms with Crippen molar-refractivity contribution in [3.63, 3.8) is 0 Å². The van der Waals surface area contributed by atoms with Gasteiger partial charge in [0.1, 0.15) is 12.4 Å². The number of pyridine rings is 1. The zero-order valence-corrected chi connectivity index (χ0v) is 16.2. The van der Waals surface area contributed by atoms with E-state index in [1.807, 2.05) is 27.7 Å². The number of carbonyl (C=O) groups excluding carboxylic acids is 2. The molecule has 1 unspecified atom stereocenters. The van der Waals surface area contributed by atoms with E-state index in [0.29, 0.717) is 23.9 Å². The molecule has 0 aliphatic rings. The van der Waals surface area contributed by atoms with E-state index in [-0.39, 0.29) is 19.1 Å². The maximum atomic E-state index is 12.1. The van der Waals surface area contributed by atoms with Gasteiger partial charge in [0.05, 0.1) is 13.2 Å². The number of aromatic nitrogens is 1. The Labute approximate surface area is 150 Å². The van der Waals surface area contributed by atoms with Crippen molar-refractivity contribution in [2.45, 2.75) is 40.7 Å². The Kier molecular flexibility index (Phi) is 12.0. The van der Waals surface area contributed by atoms with E-state index in [0.717, 1.165) is 6.42 Å². The minimum atomic E-state index is -0.480. The molecule has 1 aromatic heterocycles. The van der Waals surface area contributed by atoms with Crippen LogP contribution in [0.2, 0.25) is 0 Å². The molecule has 1 rings (SSSR count). The molecule has 1 N–H and O–H groups in total. The Balaban J connectivity index is 0.00000277. The van der Waals surface area contributed by atoms with Crippen LogP contribution in [0, 0.1) is 5.92 Å². The molecule has 1 atom stereocenters. The number of rotatable bonds is 8. The second-order valence-corrected chi connectivity index (χ2v) is 5.33. The lowest BCUT2D eigenvalue weighted by Crippen LogP contribution is -2.30. The van der Waals surface area contributed by atoms with Crippen LogP contribution in [0.1, 0.15) is 39.7 Å². The Morgan fingerprint density at radius 2 is 2.00 bits per heavy atom. The Bertz CT molecular complexity index is 523. The number of nitrogens with one attached hydrogen (secondary N) is 1. The van der Waals surface area contributed by atoms with Crippen LogP contribution in [0.3, 0.4) is 0 Å². The molecule has 0 fully saturated rings. The molecule has 0 saturated heterocycles. The van der Waals surface area contributed by atoms with Crippen LogP contribution < -0.4 is 10.2 Å². The average molecular weight is 353 g/mol. The molecule has 0 bridgehead atoms. The molecular weight excluding hydrogens is 322 g/mol. The Hall–Kier alpha value is -2.15. The predicted molar refractivity (Wildman–Crippen MR) is 98.5 cm³/mol. The lowest BCUT2D eigenvalue weighted by Gasteiger charge is -2.20. The third kappa shape index (κ3) is 8.49. The molecule has 0 aliphatic carbocycles. The molecule has 1 aromatic rings. The largest absolute Gasteiger partial charge is 0.460 e. The summed E-state index contributed by atoms with van der Waals surface area (Å²) in [6.07, 6.45) is 2.03.